The van der Waals surface area contributed by atoms with Crippen LogP contribution in [0.2, 0.25) is 4.34 Å². The molecule has 3 rings (SSSR count). The largest absolute Gasteiger partial charge is 0.481 e. The molecule has 2 heterocycles. The van der Waals surface area contributed by atoms with Crippen molar-refractivity contribution in [2.24, 2.45) is 5.92 Å². The number of carbonyl (C=O) groups excluding carboxylic acids is 1. The van der Waals surface area contributed by atoms with Gasteiger partial charge in [-0.25, -0.2) is 0 Å². The lowest BCUT2D eigenvalue weighted by Crippen LogP contribution is -2.31. The second-order valence-corrected chi connectivity index (χ2v) is 7.44. The number of likely N-dealkylation sites (tertiary alicyclic amines) is 1. The van der Waals surface area contributed by atoms with E-state index < -0.39 is 11.9 Å². The van der Waals surface area contributed by atoms with Gasteiger partial charge < -0.3 is 10.0 Å². The topological polar surface area (TPSA) is 57.6 Å². The lowest BCUT2D eigenvalue weighted by molar-refractivity contribution is -0.142. The van der Waals surface area contributed by atoms with Crippen molar-refractivity contribution < 1.29 is 14.7 Å². The molecule has 0 bridgehead atoms. The molecule has 1 amide bonds. The van der Waals surface area contributed by atoms with Crippen LogP contribution in [0.15, 0.2) is 10.5 Å². The molecule has 1 aromatic heterocycles. The summed E-state index contributed by atoms with van der Waals surface area (Å²) in [5.74, 6) is -1.64. The highest BCUT2D eigenvalue weighted by Gasteiger charge is 2.50. The lowest BCUT2D eigenvalue weighted by Gasteiger charge is -2.25. The first-order valence-corrected chi connectivity index (χ1v) is 7.96. The molecule has 4 nitrogen and oxygen atoms in total. The van der Waals surface area contributed by atoms with Crippen LogP contribution in [0.25, 0.3) is 0 Å². The molecule has 0 radical (unpaired) electrons. The number of hydrogen-bond donors (Lipinski definition) is 1. The van der Waals surface area contributed by atoms with Crippen molar-refractivity contribution in [3.8, 4) is 0 Å². The van der Waals surface area contributed by atoms with Gasteiger partial charge in [-0.1, -0.05) is 11.6 Å². The molecular formula is C12H11BrClNO3S. The molecule has 1 saturated carbocycles. The summed E-state index contributed by atoms with van der Waals surface area (Å²) in [5.41, 5.74) is 0. The summed E-state index contributed by atoms with van der Waals surface area (Å²) in [6, 6.07) is 1.68. The van der Waals surface area contributed by atoms with E-state index in [4.69, 9.17) is 11.6 Å². The normalized spacial score (nSPS) is 27.1. The highest BCUT2D eigenvalue weighted by molar-refractivity contribution is 9.10. The monoisotopic (exact) mass is 363 g/mol. The second kappa shape index (κ2) is 4.75. The summed E-state index contributed by atoms with van der Waals surface area (Å²) < 4.78 is 1.35. The molecule has 2 fully saturated rings. The molecule has 1 saturated heterocycles. The number of rotatable bonds is 3. The van der Waals surface area contributed by atoms with Gasteiger partial charge in [-0.05, 0) is 34.8 Å². The zero-order valence-corrected chi connectivity index (χ0v) is 13.0. The summed E-state index contributed by atoms with van der Waals surface area (Å²) in [7, 11) is 0. The number of carboxylic acids is 1. The zero-order valence-electron chi connectivity index (χ0n) is 9.81. The van der Waals surface area contributed by atoms with Crippen LogP contribution in [-0.4, -0.2) is 27.9 Å². The fourth-order valence-electron chi connectivity index (χ4n) is 2.60. The number of nitrogens with zero attached hydrogens (tertiary/aromatic N) is 1. The molecule has 1 N–H and O–H groups in total. The molecule has 1 aromatic rings. The average Bonchev–Trinajstić information content (AvgIpc) is 3.03. The number of aliphatic carboxylic acids is 1. The Hall–Kier alpha value is -0.590. The van der Waals surface area contributed by atoms with Crippen molar-refractivity contribution in [3.05, 3.63) is 19.8 Å². The minimum absolute atomic E-state index is 0.0551. The van der Waals surface area contributed by atoms with E-state index in [2.05, 4.69) is 15.9 Å². The van der Waals surface area contributed by atoms with E-state index >= 15 is 0 Å². The van der Waals surface area contributed by atoms with Gasteiger partial charge in [-0.2, -0.15) is 0 Å². The molecule has 2 aliphatic rings. The number of halogens is 2. The molecule has 0 aromatic carbocycles. The SMILES string of the molecule is O=C(O)C1CC(=O)N(C2CC2)C1c1cc(Br)c(Cl)s1. The Labute approximate surface area is 127 Å². The fraction of sp³-hybridized carbons (Fsp3) is 0.500. The van der Waals surface area contributed by atoms with Crippen molar-refractivity contribution in [2.45, 2.75) is 31.3 Å². The van der Waals surface area contributed by atoms with E-state index in [1.165, 1.54) is 11.3 Å². The molecule has 19 heavy (non-hydrogen) atoms. The molecule has 1 aliphatic carbocycles. The van der Waals surface area contributed by atoms with E-state index in [1.807, 2.05) is 6.07 Å². The third kappa shape index (κ3) is 2.30. The standard InChI is InChI=1S/C12H11BrClNO3S/c13-7-4-8(19-11(7)14)10-6(12(17)18)3-9(16)15(10)5-1-2-5/h4-6,10H,1-3H2,(H,17,18). The molecule has 7 heteroatoms. The number of carboxylic acid groups (broad SMARTS) is 1. The van der Waals surface area contributed by atoms with Gasteiger partial charge in [0.2, 0.25) is 5.91 Å². The Morgan fingerprint density at radius 1 is 1.53 bits per heavy atom. The number of carbonyl (C=O) groups is 2. The number of thiophene rings is 1. The van der Waals surface area contributed by atoms with E-state index in [9.17, 15) is 14.7 Å². The van der Waals surface area contributed by atoms with Crippen LogP contribution in [0.5, 0.6) is 0 Å². The van der Waals surface area contributed by atoms with Gasteiger partial charge in [0, 0.05) is 21.8 Å². The van der Waals surface area contributed by atoms with Gasteiger partial charge in [-0.15, -0.1) is 11.3 Å². The van der Waals surface area contributed by atoms with E-state index in [-0.39, 0.29) is 24.4 Å². The van der Waals surface area contributed by atoms with Crippen LogP contribution in [0.1, 0.15) is 30.2 Å². The molecule has 2 atom stereocenters. The van der Waals surface area contributed by atoms with E-state index in [0.29, 0.717) is 4.34 Å². The molecular weight excluding hydrogens is 354 g/mol. The third-order valence-electron chi connectivity index (χ3n) is 3.58. The van der Waals surface area contributed by atoms with Crippen LogP contribution < -0.4 is 0 Å². The fourth-order valence-corrected chi connectivity index (χ4v) is 4.51. The number of hydrogen-bond acceptors (Lipinski definition) is 3. The maximum atomic E-state index is 12.1. The maximum absolute atomic E-state index is 12.1. The van der Waals surface area contributed by atoms with Crippen molar-refractivity contribution in [2.75, 3.05) is 0 Å². The average molecular weight is 365 g/mol. The first-order chi connectivity index (χ1) is 8.99. The summed E-state index contributed by atoms with van der Waals surface area (Å²) in [5, 5.41) is 9.34. The third-order valence-corrected chi connectivity index (χ3v) is 6.12. The molecule has 0 spiro atoms. The zero-order chi connectivity index (χ0) is 13.7. The summed E-state index contributed by atoms with van der Waals surface area (Å²) >= 11 is 10.7. The van der Waals surface area contributed by atoms with Crippen LogP contribution in [-0.2, 0) is 9.59 Å². The Bertz CT molecular complexity index is 538. The van der Waals surface area contributed by atoms with Crippen LogP contribution in [0.4, 0.5) is 0 Å². The quantitative estimate of drug-likeness (QED) is 0.895. The van der Waals surface area contributed by atoms with Gasteiger partial charge in [0.1, 0.15) is 4.34 Å². The van der Waals surface area contributed by atoms with Crippen LogP contribution in [0, 0.1) is 5.92 Å². The maximum Gasteiger partial charge on any atom is 0.309 e. The van der Waals surface area contributed by atoms with Crippen molar-refractivity contribution >= 4 is 50.7 Å². The minimum Gasteiger partial charge on any atom is -0.481 e. The Balaban J connectivity index is 2.01. The van der Waals surface area contributed by atoms with Gasteiger partial charge >= 0.3 is 5.97 Å². The second-order valence-electron chi connectivity index (χ2n) is 4.90. The van der Waals surface area contributed by atoms with Crippen molar-refractivity contribution in [1.82, 2.24) is 4.90 Å². The summed E-state index contributed by atoms with van der Waals surface area (Å²) in [6.45, 7) is 0. The smallest absolute Gasteiger partial charge is 0.309 e. The van der Waals surface area contributed by atoms with Crippen molar-refractivity contribution in [1.29, 1.82) is 0 Å². The highest BCUT2D eigenvalue weighted by atomic mass is 79.9. The molecule has 102 valence electrons. The number of amides is 1. The lowest BCUT2D eigenvalue weighted by atomic mass is 9.99. The minimum atomic E-state index is -0.915. The van der Waals surface area contributed by atoms with Gasteiger partial charge in [0.05, 0.1) is 12.0 Å². The van der Waals surface area contributed by atoms with E-state index in [0.717, 1.165) is 22.2 Å². The highest BCUT2D eigenvalue weighted by Crippen LogP contribution is 2.48. The first-order valence-electron chi connectivity index (χ1n) is 5.97. The van der Waals surface area contributed by atoms with Crippen LogP contribution in [0.3, 0.4) is 0 Å². The Morgan fingerprint density at radius 3 is 2.68 bits per heavy atom. The van der Waals surface area contributed by atoms with Crippen molar-refractivity contribution in [3.63, 3.8) is 0 Å². The molecule has 1 aliphatic heterocycles. The van der Waals surface area contributed by atoms with Gasteiger partial charge in [0.25, 0.3) is 0 Å². The Kier molecular flexibility index (Phi) is 3.35. The first kappa shape index (κ1) is 13.4. The Morgan fingerprint density at radius 2 is 2.21 bits per heavy atom. The van der Waals surface area contributed by atoms with Crippen LogP contribution >= 0.6 is 38.9 Å². The predicted octanol–water partition coefficient (Wildman–Crippen LogP) is 3.30. The molecule has 2 unspecified atom stereocenters. The summed E-state index contributed by atoms with van der Waals surface area (Å²) in [6.07, 6.45) is 2.02. The predicted molar refractivity (Wildman–Crippen MR) is 75.4 cm³/mol. The van der Waals surface area contributed by atoms with Gasteiger partial charge in [0.15, 0.2) is 0 Å². The van der Waals surface area contributed by atoms with E-state index in [1.54, 1.807) is 4.90 Å². The van der Waals surface area contributed by atoms with Gasteiger partial charge in [-0.3, -0.25) is 9.59 Å². The summed E-state index contributed by atoms with van der Waals surface area (Å²) in [4.78, 5) is 26.1.